The summed E-state index contributed by atoms with van der Waals surface area (Å²) in [7, 11) is 1.85. The second kappa shape index (κ2) is 7.35. The van der Waals surface area contributed by atoms with Gasteiger partial charge < -0.3 is 9.64 Å². The zero-order valence-electron chi connectivity index (χ0n) is 16.5. The summed E-state index contributed by atoms with van der Waals surface area (Å²) in [5, 5.41) is 6.59. The third-order valence-electron chi connectivity index (χ3n) is 5.68. The molecule has 0 aromatic carbocycles. The lowest BCUT2D eigenvalue weighted by atomic mass is 10.1. The quantitative estimate of drug-likeness (QED) is 0.645. The van der Waals surface area contributed by atoms with Crippen LogP contribution in [-0.4, -0.2) is 56.9 Å². The average molecular weight is 410 g/mol. The molecule has 1 amide bonds. The Morgan fingerprint density at radius 1 is 1.31 bits per heavy atom. The lowest BCUT2D eigenvalue weighted by Crippen LogP contribution is -2.37. The fourth-order valence-corrected chi connectivity index (χ4v) is 4.59. The van der Waals surface area contributed by atoms with Gasteiger partial charge >= 0.3 is 0 Å². The van der Waals surface area contributed by atoms with E-state index in [4.69, 9.17) is 9.72 Å². The summed E-state index contributed by atoms with van der Waals surface area (Å²) in [5.74, 6) is 0.853. The van der Waals surface area contributed by atoms with E-state index in [-0.39, 0.29) is 11.9 Å². The number of hydrogen-bond donors (Lipinski definition) is 0. The Kier molecular flexibility index (Phi) is 4.67. The van der Waals surface area contributed by atoms with Crippen LogP contribution in [0.3, 0.4) is 0 Å². The summed E-state index contributed by atoms with van der Waals surface area (Å²) in [6.45, 7) is 3.32. The molecule has 1 atom stereocenters. The lowest BCUT2D eigenvalue weighted by Gasteiger charge is -2.23. The highest BCUT2D eigenvalue weighted by molar-refractivity contribution is 7.13. The average Bonchev–Trinajstić information content (AvgIpc) is 3.17. The highest BCUT2D eigenvalue weighted by atomic mass is 32.1. The van der Waals surface area contributed by atoms with Gasteiger partial charge in [-0.1, -0.05) is 6.07 Å². The molecule has 2 fully saturated rings. The Morgan fingerprint density at radius 2 is 2.17 bits per heavy atom. The molecule has 1 saturated carbocycles. The molecular formula is C21H23N5O2S. The number of thiophene rings is 1. The summed E-state index contributed by atoms with van der Waals surface area (Å²) in [6, 6.07) is 4.20. The molecule has 1 aliphatic heterocycles. The van der Waals surface area contributed by atoms with Gasteiger partial charge in [0, 0.05) is 25.8 Å². The molecule has 0 bridgehead atoms. The summed E-state index contributed by atoms with van der Waals surface area (Å²) in [5.41, 5.74) is 3.52. The van der Waals surface area contributed by atoms with Crippen molar-refractivity contribution in [3.05, 3.63) is 46.7 Å². The van der Waals surface area contributed by atoms with Crippen molar-refractivity contribution in [2.45, 2.75) is 38.1 Å². The van der Waals surface area contributed by atoms with Gasteiger partial charge in [0.1, 0.15) is 0 Å². The molecule has 0 radical (unpaired) electrons. The Balaban J connectivity index is 1.54. The standard InChI is InChI=1S/C21H23N5O2S/c1-13-10-22-21(24-18(13)17-4-3-9-29-17)26-19(14-5-6-14)16(11-23-26)20(27)25(2)15-7-8-28-12-15/h3-4,9-11,14-15H,5-8,12H2,1-2H3/t15-/m1/s1. The maximum atomic E-state index is 13.2. The first-order chi connectivity index (χ1) is 14.1. The Labute approximate surface area is 173 Å². The fourth-order valence-electron chi connectivity index (χ4n) is 3.81. The van der Waals surface area contributed by atoms with E-state index in [2.05, 4.69) is 16.1 Å². The predicted molar refractivity (Wildman–Crippen MR) is 110 cm³/mol. The summed E-state index contributed by atoms with van der Waals surface area (Å²) < 4.78 is 7.22. The first-order valence-corrected chi connectivity index (χ1v) is 10.8. The normalized spacial score (nSPS) is 18.9. The maximum Gasteiger partial charge on any atom is 0.257 e. The molecular weight excluding hydrogens is 386 g/mol. The minimum Gasteiger partial charge on any atom is -0.379 e. The summed E-state index contributed by atoms with van der Waals surface area (Å²) in [4.78, 5) is 25.5. The minimum absolute atomic E-state index is 0.000702. The van der Waals surface area contributed by atoms with Crippen LogP contribution in [0.15, 0.2) is 29.9 Å². The lowest BCUT2D eigenvalue weighted by molar-refractivity contribution is 0.0710. The van der Waals surface area contributed by atoms with Crippen LogP contribution in [0.5, 0.6) is 0 Å². The molecule has 150 valence electrons. The number of carbonyl (C=O) groups is 1. The topological polar surface area (TPSA) is 73.1 Å². The number of hydrogen-bond acceptors (Lipinski definition) is 6. The number of ether oxygens (including phenoxy) is 1. The highest BCUT2D eigenvalue weighted by Crippen LogP contribution is 2.42. The third kappa shape index (κ3) is 3.36. The molecule has 7 nitrogen and oxygen atoms in total. The van der Waals surface area contributed by atoms with Crippen molar-refractivity contribution in [1.82, 2.24) is 24.6 Å². The zero-order valence-corrected chi connectivity index (χ0v) is 17.4. The molecule has 1 aliphatic carbocycles. The van der Waals surface area contributed by atoms with E-state index >= 15 is 0 Å². The van der Waals surface area contributed by atoms with Crippen LogP contribution in [0.4, 0.5) is 0 Å². The Hall–Kier alpha value is -2.58. The summed E-state index contributed by atoms with van der Waals surface area (Å²) >= 11 is 1.65. The number of amides is 1. The zero-order chi connectivity index (χ0) is 20.0. The van der Waals surface area contributed by atoms with Crippen LogP contribution < -0.4 is 0 Å². The Morgan fingerprint density at radius 3 is 2.86 bits per heavy atom. The van der Waals surface area contributed by atoms with E-state index in [1.54, 1.807) is 27.1 Å². The van der Waals surface area contributed by atoms with Crippen LogP contribution in [0.1, 0.15) is 46.8 Å². The first-order valence-electron chi connectivity index (χ1n) is 9.94. The van der Waals surface area contributed by atoms with Gasteiger partial charge in [0.15, 0.2) is 0 Å². The smallest absolute Gasteiger partial charge is 0.257 e. The highest BCUT2D eigenvalue weighted by Gasteiger charge is 2.36. The minimum atomic E-state index is -0.000702. The molecule has 0 N–H and O–H groups in total. The third-order valence-corrected chi connectivity index (χ3v) is 6.55. The van der Waals surface area contributed by atoms with Gasteiger partial charge in [0.25, 0.3) is 11.9 Å². The molecule has 8 heteroatoms. The van der Waals surface area contributed by atoms with Gasteiger partial charge in [-0.3, -0.25) is 4.79 Å². The molecule has 29 heavy (non-hydrogen) atoms. The van der Waals surface area contributed by atoms with Crippen molar-refractivity contribution >= 4 is 17.2 Å². The van der Waals surface area contributed by atoms with Gasteiger partial charge in [-0.2, -0.15) is 5.10 Å². The van der Waals surface area contributed by atoms with Gasteiger partial charge in [0.2, 0.25) is 0 Å². The van der Waals surface area contributed by atoms with Crippen LogP contribution in [0.2, 0.25) is 0 Å². The van der Waals surface area contributed by atoms with Crippen molar-refractivity contribution in [2.75, 3.05) is 20.3 Å². The van der Waals surface area contributed by atoms with Crippen molar-refractivity contribution in [1.29, 1.82) is 0 Å². The molecule has 1 saturated heterocycles. The number of likely N-dealkylation sites (N-methyl/N-ethyl adjacent to an activating group) is 1. The monoisotopic (exact) mass is 409 g/mol. The van der Waals surface area contributed by atoms with Crippen molar-refractivity contribution in [3.8, 4) is 16.5 Å². The maximum absolute atomic E-state index is 13.2. The molecule has 5 rings (SSSR count). The van der Waals surface area contributed by atoms with Crippen LogP contribution in [0.25, 0.3) is 16.5 Å². The first kappa shape index (κ1) is 18.4. The molecule has 0 spiro atoms. The van der Waals surface area contributed by atoms with Gasteiger partial charge in [0.05, 0.1) is 40.7 Å². The van der Waals surface area contributed by atoms with Gasteiger partial charge in [-0.15, -0.1) is 11.3 Å². The van der Waals surface area contributed by atoms with Crippen LogP contribution >= 0.6 is 11.3 Å². The number of rotatable bonds is 5. The van der Waals surface area contributed by atoms with Gasteiger partial charge in [-0.25, -0.2) is 14.6 Å². The molecule has 3 aromatic heterocycles. The van der Waals surface area contributed by atoms with Gasteiger partial charge in [-0.05, 0) is 43.2 Å². The summed E-state index contributed by atoms with van der Waals surface area (Å²) in [6.07, 6.45) is 6.51. The van der Waals surface area contributed by atoms with E-state index in [0.29, 0.717) is 30.6 Å². The number of aromatic nitrogens is 4. The number of aryl methyl sites for hydroxylation is 1. The molecule has 2 aliphatic rings. The molecule has 3 aromatic rings. The van der Waals surface area contributed by atoms with Crippen molar-refractivity contribution < 1.29 is 9.53 Å². The van der Waals surface area contributed by atoms with Crippen molar-refractivity contribution in [2.24, 2.45) is 0 Å². The van der Waals surface area contributed by atoms with Crippen LogP contribution in [0, 0.1) is 6.92 Å². The number of nitrogens with zero attached hydrogens (tertiary/aromatic N) is 5. The van der Waals surface area contributed by atoms with E-state index in [1.807, 2.05) is 31.6 Å². The Bertz CT molecular complexity index is 1040. The van der Waals surface area contributed by atoms with E-state index in [0.717, 1.165) is 41.1 Å². The molecule has 0 unspecified atom stereocenters. The largest absolute Gasteiger partial charge is 0.379 e. The van der Waals surface area contributed by atoms with E-state index < -0.39 is 0 Å². The second-order valence-electron chi connectivity index (χ2n) is 7.74. The van der Waals surface area contributed by atoms with Crippen molar-refractivity contribution in [3.63, 3.8) is 0 Å². The predicted octanol–water partition coefficient (Wildman–Crippen LogP) is 3.44. The second-order valence-corrected chi connectivity index (χ2v) is 8.69. The van der Waals surface area contributed by atoms with Crippen LogP contribution in [-0.2, 0) is 4.74 Å². The van der Waals surface area contributed by atoms with E-state index in [9.17, 15) is 4.79 Å². The molecule has 4 heterocycles. The van der Waals surface area contributed by atoms with E-state index in [1.165, 1.54) is 0 Å². The fraction of sp³-hybridized carbons (Fsp3) is 0.429. The SMILES string of the molecule is Cc1cnc(-n2ncc(C(=O)N(C)[C@@H]3CCOC3)c2C2CC2)nc1-c1cccs1. The number of carbonyl (C=O) groups excluding carboxylic acids is 1.